The lowest BCUT2D eigenvalue weighted by atomic mass is 10.2. The van der Waals surface area contributed by atoms with E-state index < -0.39 is 5.82 Å². The van der Waals surface area contributed by atoms with Crippen LogP contribution in [0, 0.1) is 5.82 Å². The maximum atomic E-state index is 13.2. The predicted octanol–water partition coefficient (Wildman–Crippen LogP) is 4.75. The quantitative estimate of drug-likeness (QED) is 0.643. The van der Waals surface area contributed by atoms with Crippen molar-refractivity contribution in [2.24, 2.45) is 0 Å². The summed E-state index contributed by atoms with van der Waals surface area (Å²) in [4.78, 5) is 16.5. The summed E-state index contributed by atoms with van der Waals surface area (Å²) in [5.74, 6) is 0.518. The summed E-state index contributed by atoms with van der Waals surface area (Å²) in [5.41, 5.74) is 1.78. The number of aromatic nitrogens is 1. The number of benzene rings is 2. The van der Waals surface area contributed by atoms with Crippen LogP contribution in [0.3, 0.4) is 0 Å². The number of halogens is 2. The molecule has 0 aliphatic rings. The molecule has 0 radical (unpaired) electrons. The largest absolute Gasteiger partial charge is 0.496 e. The van der Waals surface area contributed by atoms with Crippen molar-refractivity contribution in [1.82, 2.24) is 4.98 Å². The van der Waals surface area contributed by atoms with E-state index >= 15 is 0 Å². The number of ether oxygens (including phenoxy) is 1. The summed E-state index contributed by atoms with van der Waals surface area (Å²) in [6, 6.07) is 15.0. The first-order valence-corrected chi connectivity index (χ1v) is 8.53. The summed E-state index contributed by atoms with van der Waals surface area (Å²) < 4.78 is 18.5. The Morgan fingerprint density at radius 1 is 1.19 bits per heavy atom. The van der Waals surface area contributed by atoms with Gasteiger partial charge in [0.15, 0.2) is 0 Å². The van der Waals surface area contributed by atoms with Crippen molar-refractivity contribution in [3.63, 3.8) is 0 Å². The Bertz CT molecular complexity index is 948. The molecule has 1 aromatic heterocycles. The van der Waals surface area contributed by atoms with Gasteiger partial charge in [0.2, 0.25) is 0 Å². The van der Waals surface area contributed by atoms with E-state index in [0.717, 1.165) is 11.3 Å². The van der Waals surface area contributed by atoms with Crippen LogP contribution in [-0.2, 0) is 6.54 Å². The predicted molar refractivity (Wildman–Crippen MR) is 104 cm³/mol. The van der Waals surface area contributed by atoms with Crippen molar-refractivity contribution in [3.05, 3.63) is 82.8 Å². The third-order valence-corrected chi connectivity index (χ3v) is 4.15. The van der Waals surface area contributed by atoms with Crippen molar-refractivity contribution in [2.75, 3.05) is 17.7 Å². The van der Waals surface area contributed by atoms with Crippen LogP contribution < -0.4 is 15.4 Å². The number of carbonyl (C=O) groups excluding carboxylic acids is 1. The van der Waals surface area contributed by atoms with E-state index in [1.54, 1.807) is 19.2 Å². The molecule has 1 heterocycles. The first-order valence-electron chi connectivity index (χ1n) is 8.15. The average Bonchev–Trinajstić information content (AvgIpc) is 2.69. The highest BCUT2D eigenvalue weighted by molar-refractivity contribution is 6.31. The normalized spacial score (nSPS) is 10.3. The van der Waals surface area contributed by atoms with E-state index in [0.29, 0.717) is 23.6 Å². The summed E-state index contributed by atoms with van der Waals surface area (Å²) in [5, 5.41) is 5.78. The number of pyridine rings is 1. The maximum Gasteiger partial charge on any atom is 0.257 e. The summed E-state index contributed by atoms with van der Waals surface area (Å²) in [6.07, 6.45) is 1.46. The molecule has 3 rings (SSSR count). The molecule has 0 saturated carbocycles. The zero-order chi connectivity index (χ0) is 19.2. The van der Waals surface area contributed by atoms with Gasteiger partial charge in [0.25, 0.3) is 5.91 Å². The number of nitrogens with zero attached hydrogens (tertiary/aromatic N) is 1. The van der Waals surface area contributed by atoms with Crippen LogP contribution in [0.2, 0.25) is 5.02 Å². The minimum atomic E-state index is -0.540. The number of amides is 1. The fraction of sp³-hybridized carbons (Fsp3) is 0.100. The van der Waals surface area contributed by atoms with Crippen molar-refractivity contribution in [2.45, 2.75) is 6.54 Å². The lowest BCUT2D eigenvalue weighted by molar-refractivity contribution is 0.102. The summed E-state index contributed by atoms with van der Waals surface area (Å²) in [7, 11) is 1.62. The topological polar surface area (TPSA) is 63.2 Å². The second kappa shape index (κ2) is 8.51. The molecular weight excluding hydrogens is 369 g/mol. The number of anilines is 2. The molecule has 0 aliphatic heterocycles. The number of methoxy groups -OCH3 is 1. The SMILES string of the molecule is COc1ccccc1CNc1ccc(C(=O)Nc2ccc(F)c(Cl)c2)cn1. The average molecular weight is 386 g/mol. The Morgan fingerprint density at radius 2 is 2.00 bits per heavy atom. The molecule has 0 fully saturated rings. The van der Waals surface area contributed by atoms with E-state index in [9.17, 15) is 9.18 Å². The molecule has 0 saturated heterocycles. The fourth-order valence-corrected chi connectivity index (χ4v) is 2.63. The van der Waals surface area contributed by atoms with Crippen LogP contribution in [0.4, 0.5) is 15.9 Å². The summed E-state index contributed by atoms with van der Waals surface area (Å²) in [6.45, 7) is 0.538. The first kappa shape index (κ1) is 18.7. The second-order valence-electron chi connectivity index (χ2n) is 5.68. The second-order valence-corrected chi connectivity index (χ2v) is 6.09. The number of rotatable bonds is 6. The van der Waals surface area contributed by atoms with E-state index in [2.05, 4.69) is 15.6 Å². The van der Waals surface area contributed by atoms with E-state index in [1.165, 1.54) is 24.4 Å². The highest BCUT2D eigenvalue weighted by atomic mass is 35.5. The highest BCUT2D eigenvalue weighted by Crippen LogP contribution is 2.21. The molecule has 3 aromatic rings. The molecule has 1 amide bonds. The number of carbonyl (C=O) groups is 1. The molecule has 5 nitrogen and oxygen atoms in total. The molecule has 0 aliphatic carbocycles. The van der Waals surface area contributed by atoms with Crippen LogP contribution in [-0.4, -0.2) is 18.0 Å². The summed E-state index contributed by atoms with van der Waals surface area (Å²) >= 11 is 5.72. The van der Waals surface area contributed by atoms with Gasteiger partial charge in [0.05, 0.1) is 17.7 Å². The van der Waals surface area contributed by atoms with Gasteiger partial charge in [-0.1, -0.05) is 29.8 Å². The van der Waals surface area contributed by atoms with Gasteiger partial charge in [-0.25, -0.2) is 9.37 Å². The zero-order valence-electron chi connectivity index (χ0n) is 14.5. The molecule has 27 heavy (non-hydrogen) atoms. The van der Waals surface area contributed by atoms with E-state index in [4.69, 9.17) is 16.3 Å². The molecule has 2 N–H and O–H groups in total. The smallest absolute Gasteiger partial charge is 0.257 e. The van der Waals surface area contributed by atoms with Crippen molar-refractivity contribution in [3.8, 4) is 5.75 Å². The van der Waals surface area contributed by atoms with Crippen LogP contribution in [0.25, 0.3) is 0 Å². The first-order chi connectivity index (χ1) is 13.1. The number of nitrogens with one attached hydrogen (secondary N) is 2. The Morgan fingerprint density at radius 3 is 2.70 bits per heavy atom. The van der Waals surface area contributed by atoms with Gasteiger partial charge in [0, 0.05) is 24.0 Å². The Kier molecular flexibility index (Phi) is 5.88. The Hall–Kier alpha value is -3.12. The van der Waals surface area contributed by atoms with Crippen LogP contribution in [0.15, 0.2) is 60.8 Å². The van der Waals surface area contributed by atoms with Gasteiger partial charge < -0.3 is 15.4 Å². The molecule has 0 bridgehead atoms. The van der Waals surface area contributed by atoms with Crippen molar-refractivity contribution in [1.29, 1.82) is 0 Å². The van der Waals surface area contributed by atoms with E-state index in [1.807, 2.05) is 24.3 Å². The third kappa shape index (κ3) is 4.74. The molecule has 0 unspecified atom stereocenters. The minimum Gasteiger partial charge on any atom is -0.496 e. The Labute approximate surface area is 161 Å². The van der Waals surface area contributed by atoms with Gasteiger partial charge in [-0.15, -0.1) is 0 Å². The third-order valence-electron chi connectivity index (χ3n) is 3.86. The van der Waals surface area contributed by atoms with Crippen molar-refractivity contribution >= 4 is 29.0 Å². The molecule has 0 spiro atoms. The van der Waals surface area contributed by atoms with Crippen LogP contribution in [0.1, 0.15) is 15.9 Å². The maximum absolute atomic E-state index is 13.2. The molecule has 138 valence electrons. The molecule has 2 aromatic carbocycles. The highest BCUT2D eigenvalue weighted by Gasteiger charge is 2.09. The van der Waals surface area contributed by atoms with Gasteiger partial charge >= 0.3 is 0 Å². The van der Waals surface area contributed by atoms with Gasteiger partial charge in [-0.2, -0.15) is 0 Å². The van der Waals surface area contributed by atoms with Crippen LogP contribution >= 0.6 is 11.6 Å². The minimum absolute atomic E-state index is 0.0539. The van der Waals surface area contributed by atoms with Crippen LogP contribution in [0.5, 0.6) is 5.75 Å². The number of hydrogen-bond donors (Lipinski definition) is 2. The fourth-order valence-electron chi connectivity index (χ4n) is 2.44. The Balaban J connectivity index is 1.62. The molecule has 0 atom stereocenters. The van der Waals surface area contributed by atoms with Gasteiger partial charge in [-0.3, -0.25) is 4.79 Å². The van der Waals surface area contributed by atoms with Crippen molar-refractivity contribution < 1.29 is 13.9 Å². The standard InChI is InChI=1S/C20H17ClFN3O2/c1-27-18-5-3-2-4-13(18)11-23-19-9-6-14(12-24-19)20(26)25-15-7-8-17(22)16(21)10-15/h2-10,12H,11H2,1H3,(H,23,24)(H,25,26). The number of para-hydroxylation sites is 1. The molecular formula is C20H17ClFN3O2. The lowest BCUT2D eigenvalue weighted by Gasteiger charge is -2.10. The lowest BCUT2D eigenvalue weighted by Crippen LogP contribution is -2.12. The van der Waals surface area contributed by atoms with E-state index in [-0.39, 0.29) is 10.9 Å². The van der Waals surface area contributed by atoms with Gasteiger partial charge in [0.1, 0.15) is 17.4 Å². The number of hydrogen-bond acceptors (Lipinski definition) is 4. The monoisotopic (exact) mass is 385 g/mol. The van der Waals surface area contributed by atoms with Gasteiger partial charge in [-0.05, 0) is 36.4 Å². The molecule has 7 heteroatoms. The zero-order valence-corrected chi connectivity index (χ0v) is 15.3.